The number of esters is 2. The van der Waals surface area contributed by atoms with Crippen LogP contribution in [0.3, 0.4) is 0 Å². The summed E-state index contributed by atoms with van der Waals surface area (Å²) in [5, 5.41) is 10.6. The van der Waals surface area contributed by atoms with Gasteiger partial charge in [0.05, 0.1) is 7.11 Å². The molecule has 0 aliphatic carbocycles. The summed E-state index contributed by atoms with van der Waals surface area (Å²) in [7, 11) is 1.52. The molecule has 1 N–H and O–H groups in total. The molecular formula is C27H28O8. The third kappa shape index (κ3) is 5.54. The first-order valence-corrected chi connectivity index (χ1v) is 11.2. The van der Waals surface area contributed by atoms with Gasteiger partial charge in [-0.1, -0.05) is 25.5 Å². The fourth-order valence-corrected chi connectivity index (χ4v) is 3.36. The number of aromatic hydroxyl groups is 1. The number of rotatable bonds is 8. The molecule has 184 valence electrons. The summed E-state index contributed by atoms with van der Waals surface area (Å²) in [4.78, 5) is 37.8. The topological polar surface area (TPSA) is 112 Å². The predicted molar refractivity (Wildman–Crippen MR) is 131 cm³/mol. The molecule has 0 amide bonds. The standard InChI is InChI=1S/C27H28O8/c1-6-21(29)33-20-14-19(28)23-24(31)27(34-22(30)7-2)25(16-9-11-17(32-5)12-10-16)35-26(23)18(20)13-8-15(3)4/h8-12,14,28H,6-7,13H2,1-5H3. The SMILES string of the molecule is CCC(=O)Oc1cc(O)c2c(=O)c(OC(=O)CC)c(-c3ccc(OC)cc3)oc2c1CC=C(C)C. The number of hydrogen-bond donors (Lipinski definition) is 1. The fraction of sp³-hybridized carbons (Fsp3) is 0.296. The van der Waals surface area contributed by atoms with Crippen LogP contribution in [0, 0.1) is 0 Å². The number of hydrogen-bond acceptors (Lipinski definition) is 8. The van der Waals surface area contributed by atoms with Gasteiger partial charge in [-0.15, -0.1) is 0 Å². The van der Waals surface area contributed by atoms with E-state index in [4.69, 9.17) is 18.6 Å². The summed E-state index contributed by atoms with van der Waals surface area (Å²) in [6, 6.07) is 7.86. The van der Waals surface area contributed by atoms with Crippen LogP contribution in [0.2, 0.25) is 0 Å². The molecule has 1 aromatic heterocycles. The molecule has 0 aliphatic heterocycles. The van der Waals surface area contributed by atoms with Crippen LogP contribution in [0.1, 0.15) is 46.1 Å². The predicted octanol–water partition coefficient (Wildman–Crippen LogP) is 5.31. The van der Waals surface area contributed by atoms with E-state index in [2.05, 4.69) is 0 Å². The second kappa shape index (κ2) is 10.9. The van der Waals surface area contributed by atoms with Crippen molar-refractivity contribution in [3.05, 3.63) is 57.8 Å². The van der Waals surface area contributed by atoms with Gasteiger partial charge in [-0.25, -0.2) is 0 Å². The molecule has 0 spiro atoms. The number of phenols is 1. The van der Waals surface area contributed by atoms with Crippen molar-refractivity contribution in [1.82, 2.24) is 0 Å². The zero-order chi connectivity index (χ0) is 25.7. The number of fused-ring (bicyclic) bond motifs is 1. The second-order valence-corrected chi connectivity index (χ2v) is 8.04. The van der Waals surface area contributed by atoms with Crippen LogP contribution in [-0.2, 0) is 16.0 Å². The monoisotopic (exact) mass is 480 g/mol. The normalized spacial score (nSPS) is 10.7. The Kier molecular flexibility index (Phi) is 7.96. The van der Waals surface area contributed by atoms with Crippen LogP contribution in [-0.4, -0.2) is 24.2 Å². The minimum Gasteiger partial charge on any atom is -0.507 e. The van der Waals surface area contributed by atoms with E-state index in [1.165, 1.54) is 13.2 Å². The molecule has 2 aromatic carbocycles. The average Bonchev–Trinajstić information content (AvgIpc) is 2.84. The maximum absolute atomic E-state index is 13.6. The molecule has 0 bridgehead atoms. The Morgan fingerprint density at radius 3 is 2.23 bits per heavy atom. The first-order valence-electron chi connectivity index (χ1n) is 11.2. The van der Waals surface area contributed by atoms with E-state index < -0.39 is 23.1 Å². The lowest BCUT2D eigenvalue weighted by atomic mass is 10.0. The van der Waals surface area contributed by atoms with Gasteiger partial charge in [-0.3, -0.25) is 14.4 Å². The van der Waals surface area contributed by atoms with Gasteiger partial charge in [0, 0.05) is 30.0 Å². The lowest BCUT2D eigenvalue weighted by Gasteiger charge is -2.16. The third-order valence-electron chi connectivity index (χ3n) is 5.25. The minimum atomic E-state index is -0.719. The van der Waals surface area contributed by atoms with Crippen molar-refractivity contribution in [2.24, 2.45) is 0 Å². The average molecular weight is 481 g/mol. The first-order chi connectivity index (χ1) is 16.7. The molecule has 8 heteroatoms. The molecule has 3 aromatic rings. The van der Waals surface area contributed by atoms with E-state index >= 15 is 0 Å². The van der Waals surface area contributed by atoms with E-state index in [0.29, 0.717) is 16.9 Å². The van der Waals surface area contributed by atoms with Gasteiger partial charge in [-0.05, 0) is 44.5 Å². The third-order valence-corrected chi connectivity index (χ3v) is 5.25. The van der Waals surface area contributed by atoms with Crippen molar-refractivity contribution in [3.63, 3.8) is 0 Å². The van der Waals surface area contributed by atoms with Gasteiger partial charge in [0.15, 0.2) is 5.76 Å². The molecule has 0 saturated heterocycles. The number of ether oxygens (including phenoxy) is 3. The van der Waals surface area contributed by atoms with Crippen LogP contribution in [0.5, 0.6) is 23.0 Å². The zero-order valence-corrected chi connectivity index (χ0v) is 20.4. The molecule has 3 rings (SSSR count). The highest BCUT2D eigenvalue weighted by atomic mass is 16.5. The molecule has 0 saturated carbocycles. The van der Waals surface area contributed by atoms with Gasteiger partial charge < -0.3 is 23.7 Å². The van der Waals surface area contributed by atoms with Crippen molar-refractivity contribution in [2.45, 2.75) is 47.0 Å². The number of benzene rings is 2. The molecule has 8 nitrogen and oxygen atoms in total. The summed E-state index contributed by atoms with van der Waals surface area (Å²) in [5.74, 6) is -1.26. The van der Waals surface area contributed by atoms with E-state index in [-0.39, 0.29) is 47.5 Å². The van der Waals surface area contributed by atoms with Crippen molar-refractivity contribution in [1.29, 1.82) is 0 Å². The van der Waals surface area contributed by atoms with Crippen molar-refractivity contribution >= 4 is 22.9 Å². The van der Waals surface area contributed by atoms with Gasteiger partial charge in [-0.2, -0.15) is 0 Å². The summed E-state index contributed by atoms with van der Waals surface area (Å²) in [6.07, 6.45) is 2.30. The Hall–Kier alpha value is -4.07. The molecular weight excluding hydrogens is 452 g/mol. The smallest absolute Gasteiger partial charge is 0.311 e. The highest BCUT2D eigenvalue weighted by molar-refractivity contribution is 5.92. The Morgan fingerprint density at radius 2 is 1.66 bits per heavy atom. The maximum Gasteiger partial charge on any atom is 0.311 e. The summed E-state index contributed by atoms with van der Waals surface area (Å²) >= 11 is 0. The number of methoxy groups -OCH3 is 1. The van der Waals surface area contributed by atoms with E-state index in [9.17, 15) is 19.5 Å². The van der Waals surface area contributed by atoms with Crippen LogP contribution >= 0.6 is 0 Å². The molecule has 1 heterocycles. The Morgan fingerprint density at radius 1 is 1.03 bits per heavy atom. The van der Waals surface area contributed by atoms with Crippen molar-refractivity contribution in [2.75, 3.05) is 7.11 Å². The van der Waals surface area contributed by atoms with E-state index in [1.54, 1.807) is 38.1 Å². The second-order valence-electron chi connectivity index (χ2n) is 8.04. The molecule has 0 unspecified atom stereocenters. The van der Waals surface area contributed by atoms with Crippen molar-refractivity contribution in [3.8, 4) is 34.3 Å². The van der Waals surface area contributed by atoms with Gasteiger partial charge in [0.1, 0.15) is 28.2 Å². The van der Waals surface area contributed by atoms with E-state index in [1.807, 2.05) is 19.9 Å². The molecule has 35 heavy (non-hydrogen) atoms. The maximum atomic E-state index is 13.6. The number of carbonyl (C=O) groups excluding carboxylic acids is 2. The minimum absolute atomic E-state index is 0.00349. The lowest BCUT2D eigenvalue weighted by molar-refractivity contribution is -0.135. The lowest BCUT2D eigenvalue weighted by Crippen LogP contribution is -2.16. The van der Waals surface area contributed by atoms with Crippen LogP contribution in [0.25, 0.3) is 22.3 Å². The van der Waals surface area contributed by atoms with Gasteiger partial charge in [0.2, 0.25) is 11.2 Å². The zero-order valence-electron chi connectivity index (χ0n) is 20.4. The molecule has 0 radical (unpaired) electrons. The Bertz CT molecular complexity index is 1340. The number of phenolic OH excluding ortho intramolecular Hbond substituents is 1. The van der Waals surface area contributed by atoms with Crippen LogP contribution in [0.15, 0.2) is 51.2 Å². The Balaban J connectivity index is 2.42. The number of allylic oxidation sites excluding steroid dienone is 2. The van der Waals surface area contributed by atoms with E-state index in [0.717, 1.165) is 5.57 Å². The summed E-state index contributed by atoms with van der Waals surface area (Å²) in [6.45, 7) is 7.06. The fourth-order valence-electron chi connectivity index (χ4n) is 3.36. The van der Waals surface area contributed by atoms with Gasteiger partial charge in [0.25, 0.3) is 0 Å². The number of carbonyl (C=O) groups is 2. The molecule has 0 atom stereocenters. The first kappa shape index (κ1) is 25.6. The molecule has 0 fully saturated rings. The highest BCUT2D eigenvalue weighted by Crippen LogP contribution is 2.40. The largest absolute Gasteiger partial charge is 0.507 e. The highest BCUT2D eigenvalue weighted by Gasteiger charge is 2.26. The summed E-state index contributed by atoms with van der Waals surface area (Å²) in [5.41, 5.74) is 1.16. The molecule has 0 aliphatic rings. The van der Waals surface area contributed by atoms with Crippen LogP contribution < -0.4 is 19.6 Å². The van der Waals surface area contributed by atoms with Crippen molar-refractivity contribution < 1.29 is 33.3 Å². The summed E-state index contributed by atoms with van der Waals surface area (Å²) < 4.78 is 22.2. The quantitative estimate of drug-likeness (QED) is 0.262. The van der Waals surface area contributed by atoms with Crippen LogP contribution in [0.4, 0.5) is 0 Å². The van der Waals surface area contributed by atoms with Gasteiger partial charge >= 0.3 is 11.9 Å². The Labute approximate surface area is 202 Å².